The minimum absolute atomic E-state index is 0.0718. The van der Waals surface area contributed by atoms with Crippen molar-refractivity contribution in [1.82, 2.24) is 25.7 Å². The van der Waals surface area contributed by atoms with E-state index in [1.807, 2.05) is 6.92 Å². The molecule has 0 saturated carbocycles. The Morgan fingerprint density at radius 1 is 1.31 bits per heavy atom. The van der Waals surface area contributed by atoms with Gasteiger partial charge in [0.05, 0.1) is 0 Å². The van der Waals surface area contributed by atoms with Gasteiger partial charge in [0.25, 0.3) is 5.91 Å². The monoisotopic (exact) mass is 359 g/mol. The summed E-state index contributed by atoms with van der Waals surface area (Å²) >= 11 is 0. The van der Waals surface area contributed by atoms with Crippen LogP contribution in [-0.4, -0.2) is 60.2 Å². The Bertz CT molecular complexity index is 695. The molecule has 8 nitrogen and oxygen atoms in total. The van der Waals surface area contributed by atoms with E-state index in [0.717, 1.165) is 32.7 Å². The van der Waals surface area contributed by atoms with Crippen molar-refractivity contribution in [2.24, 2.45) is 0 Å². The van der Waals surface area contributed by atoms with Crippen molar-refractivity contribution in [2.75, 3.05) is 39.3 Å². The maximum absolute atomic E-state index is 12.2. The molecule has 1 saturated heterocycles. The number of hydrogen-bond donors (Lipinski definition) is 2. The van der Waals surface area contributed by atoms with E-state index in [-0.39, 0.29) is 12.5 Å². The Morgan fingerprint density at radius 2 is 2.08 bits per heavy atom. The highest BCUT2D eigenvalue weighted by atomic mass is 16.5. The number of benzene rings is 1. The quantitative estimate of drug-likeness (QED) is 0.722. The van der Waals surface area contributed by atoms with Gasteiger partial charge >= 0.3 is 0 Å². The molecule has 8 heteroatoms. The number of aryl methyl sites for hydroxylation is 1. The smallest absolute Gasteiger partial charge is 0.251 e. The molecule has 0 aliphatic carbocycles. The third-order valence-corrected chi connectivity index (χ3v) is 4.22. The van der Waals surface area contributed by atoms with E-state index in [0.29, 0.717) is 36.0 Å². The number of rotatable bonds is 8. The number of hydrogen-bond acceptors (Lipinski definition) is 7. The van der Waals surface area contributed by atoms with Crippen molar-refractivity contribution in [3.05, 3.63) is 41.5 Å². The first-order chi connectivity index (χ1) is 12.7. The first-order valence-electron chi connectivity index (χ1n) is 9.00. The molecule has 3 rings (SSSR count). The fraction of sp³-hybridized carbons (Fsp3) is 0.500. The lowest BCUT2D eigenvalue weighted by Crippen LogP contribution is -2.46. The second kappa shape index (κ2) is 9.30. The lowest BCUT2D eigenvalue weighted by atomic mass is 10.2. The summed E-state index contributed by atoms with van der Waals surface area (Å²) in [6, 6.07) is 7.05. The normalized spacial score (nSPS) is 15.0. The first-order valence-corrected chi connectivity index (χ1v) is 9.00. The molecule has 1 amide bonds. The first kappa shape index (κ1) is 18.3. The Kier molecular flexibility index (Phi) is 6.56. The molecule has 140 valence electrons. The Hall–Kier alpha value is -2.45. The van der Waals surface area contributed by atoms with E-state index in [2.05, 4.69) is 25.7 Å². The lowest BCUT2D eigenvalue weighted by Gasteiger charge is -2.27. The Balaban J connectivity index is 1.41. The number of ether oxygens (including phenoxy) is 1. The van der Waals surface area contributed by atoms with Gasteiger partial charge in [-0.2, -0.15) is 4.98 Å². The van der Waals surface area contributed by atoms with Crippen molar-refractivity contribution in [3.63, 3.8) is 0 Å². The molecule has 0 bridgehead atoms. The number of aromatic nitrogens is 2. The largest absolute Gasteiger partial charge is 0.485 e. The fourth-order valence-electron chi connectivity index (χ4n) is 2.71. The summed E-state index contributed by atoms with van der Waals surface area (Å²) in [6.45, 7) is 7.79. The zero-order valence-electron chi connectivity index (χ0n) is 15.0. The summed E-state index contributed by atoms with van der Waals surface area (Å²) in [5, 5.41) is 10.1. The lowest BCUT2D eigenvalue weighted by molar-refractivity contribution is 0.0947. The summed E-state index contributed by atoms with van der Waals surface area (Å²) in [5.74, 6) is 1.69. The highest BCUT2D eigenvalue weighted by Crippen LogP contribution is 2.13. The standard InChI is InChI=1S/C18H25N5O3/c1-2-17-21-16(22-26-17)13-25-15-5-3-14(4-6-15)18(24)20-9-12-23-10-7-19-8-11-23/h3-6,19H,2,7-13H2,1H3,(H,20,24). The van der Waals surface area contributed by atoms with Gasteiger partial charge in [-0.15, -0.1) is 0 Å². The molecule has 0 radical (unpaired) electrons. The van der Waals surface area contributed by atoms with E-state index in [1.54, 1.807) is 24.3 Å². The SMILES string of the molecule is CCc1nc(COc2ccc(C(=O)NCCN3CCNCC3)cc2)no1. The van der Waals surface area contributed by atoms with Crippen LogP contribution in [0.2, 0.25) is 0 Å². The summed E-state index contributed by atoms with van der Waals surface area (Å²) in [5.41, 5.74) is 0.616. The van der Waals surface area contributed by atoms with Crippen LogP contribution in [0.4, 0.5) is 0 Å². The Morgan fingerprint density at radius 3 is 2.77 bits per heavy atom. The van der Waals surface area contributed by atoms with E-state index in [1.165, 1.54) is 0 Å². The highest BCUT2D eigenvalue weighted by molar-refractivity contribution is 5.94. The number of carbonyl (C=O) groups excluding carboxylic acids is 1. The number of carbonyl (C=O) groups is 1. The van der Waals surface area contributed by atoms with Crippen molar-refractivity contribution >= 4 is 5.91 Å². The third kappa shape index (κ3) is 5.27. The van der Waals surface area contributed by atoms with Gasteiger partial charge in [-0.1, -0.05) is 12.1 Å². The van der Waals surface area contributed by atoms with Gasteiger partial charge in [0.15, 0.2) is 6.61 Å². The van der Waals surface area contributed by atoms with Gasteiger partial charge in [-0.05, 0) is 24.3 Å². The molecule has 26 heavy (non-hydrogen) atoms. The van der Waals surface area contributed by atoms with Crippen LogP contribution in [0, 0.1) is 0 Å². The van der Waals surface area contributed by atoms with Gasteiger partial charge in [-0.3, -0.25) is 9.69 Å². The van der Waals surface area contributed by atoms with Gasteiger partial charge in [0.2, 0.25) is 11.7 Å². The van der Waals surface area contributed by atoms with Crippen molar-refractivity contribution in [2.45, 2.75) is 20.0 Å². The van der Waals surface area contributed by atoms with Gasteiger partial charge in [-0.25, -0.2) is 0 Å². The van der Waals surface area contributed by atoms with Crippen LogP contribution in [0.15, 0.2) is 28.8 Å². The van der Waals surface area contributed by atoms with Crippen LogP contribution < -0.4 is 15.4 Å². The highest BCUT2D eigenvalue weighted by Gasteiger charge is 2.11. The zero-order chi connectivity index (χ0) is 18.2. The minimum atomic E-state index is -0.0718. The van der Waals surface area contributed by atoms with E-state index in [9.17, 15) is 4.79 Å². The van der Waals surface area contributed by atoms with Crippen LogP contribution in [0.25, 0.3) is 0 Å². The average Bonchev–Trinajstić information content (AvgIpc) is 3.16. The van der Waals surface area contributed by atoms with Crippen LogP contribution in [0.1, 0.15) is 29.0 Å². The van der Waals surface area contributed by atoms with Gasteiger partial charge in [0.1, 0.15) is 5.75 Å². The second-order valence-electron chi connectivity index (χ2n) is 6.12. The third-order valence-electron chi connectivity index (χ3n) is 4.22. The molecule has 2 N–H and O–H groups in total. The molecule has 2 heterocycles. The predicted molar refractivity (Wildman–Crippen MR) is 96.1 cm³/mol. The van der Waals surface area contributed by atoms with Crippen LogP contribution in [-0.2, 0) is 13.0 Å². The van der Waals surface area contributed by atoms with Crippen LogP contribution >= 0.6 is 0 Å². The maximum atomic E-state index is 12.2. The number of nitrogens with zero attached hydrogens (tertiary/aromatic N) is 3. The van der Waals surface area contributed by atoms with Crippen LogP contribution in [0.5, 0.6) is 5.75 Å². The molecule has 0 unspecified atom stereocenters. The molecule has 1 aliphatic rings. The molecule has 2 aromatic rings. The molecular formula is C18H25N5O3. The molecule has 0 atom stereocenters. The van der Waals surface area contributed by atoms with E-state index < -0.39 is 0 Å². The topological polar surface area (TPSA) is 92.5 Å². The zero-order valence-corrected chi connectivity index (χ0v) is 15.0. The van der Waals surface area contributed by atoms with Gasteiger partial charge in [0, 0.05) is 51.3 Å². The number of piperazine rings is 1. The van der Waals surface area contributed by atoms with Gasteiger partial charge < -0.3 is 19.9 Å². The maximum Gasteiger partial charge on any atom is 0.251 e. The van der Waals surface area contributed by atoms with Crippen LogP contribution in [0.3, 0.4) is 0 Å². The summed E-state index contributed by atoms with van der Waals surface area (Å²) in [6.07, 6.45) is 0.700. The van der Waals surface area contributed by atoms with E-state index >= 15 is 0 Å². The number of nitrogens with one attached hydrogen (secondary N) is 2. The summed E-state index contributed by atoms with van der Waals surface area (Å²) in [7, 11) is 0. The molecule has 1 aromatic heterocycles. The molecule has 1 aliphatic heterocycles. The molecule has 1 fully saturated rings. The summed E-state index contributed by atoms with van der Waals surface area (Å²) < 4.78 is 10.6. The van der Waals surface area contributed by atoms with Crippen molar-refractivity contribution in [3.8, 4) is 5.75 Å². The predicted octanol–water partition coefficient (Wildman–Crippen LogP) is 0.846. The molecule has 0 spiro atoms. The van der Waals surface area contributed by atoms with E-state index in [4.69, 9.17) is 9.26 Å². The second-order valence-corrected chi connectivity index (χ2v) is 6.12. The number of amides is 1. The summed E-state index contributed by atoms with van der Waals surface area (Å²) in [4.78, 5) is 18.7. The molecular weight excluding hydrogens is 334 g/mol. The van der Waals surface area contributed by atoms with Crippen molar-refractivity contribution in [1.29, 1.82) is 0 Å². The molecule has 1 aromatic carbocycles. The minimum Gasteiger partial charge on any atom is -0.485 e. The fourth-order valence-corrected chi connectivity index (χ4v) is 2.71. The average molecular weight is 359 g/mol. The Labute approximate surface area is 152 Å². The van der Waals surface area contributed by atoms with Crippen molar-refractivity contribution < 1.29 is 14.1 Å².